The van der Waals surface area contributed by atoms with Crippen LogP contribution in [0.4, 0.5) is 11.4 Å². The second-order valence-corrected chi connectivity index (χ2v) is 5.91. The number of methoxy groups -OCH3 is 2. The SMILES string of the molecule is COc1ccc(CCC(=O)Nc2cc(Cl)c(N)c(Cl)c2)cc1OC. The van der Waals surface area contributed by atoms with Crippen LogP contribution in [-0.4, -0.2) is 20.1 Å². The van der Waals surface area contributed by atoms with E-state index < -0.39 is 0 Å². The highest BCUT2D eigenvalue weighted by Crippen LogP contribution is 2.31. The molecule has 3 N–H and O–H groups in total. The maximum absolute atomic E-state index is 12.1. The molecule has 2 aromatic carbocycles. The number of ether oxygens (including phenoxy) is 2. The Morgan fingerprint density at radius 3 is 2.29 bits per heavy atom. The van der Waals surface area contributed by atoms with Gasteiger partial charge in [0.1, 0.15) is 0 Å². The Morgan fingerprint density at radius 2 is 1.71 bits per heavy atom. The summed E-state index contributed by atoms with van der Waals surface area (Å²) in [5, 5.41) is 3.36. The number of rotatable bonds is 6. The lowest BCUT2D eigenvalue weighted by molar-refractivity contribution is -0.116. The summed E-state index contributed by atoms with van der Waals surface area (Å²) in [6, 6.07) is 8.69. The van der Waals surface area contributed by atoms with Crippen LogP contribution >= 0.6 is 23.2 Å². The van der Waals surface area contributed by atoms with Crippen LogP contribution in [0, 0.1) is 0 Å². The highest BCUT2D eigenvalue weighted by Gasteiger charge is 2.09. The summed E-state index contributed by atoms with van der Waals surface area (Å²) < 4.78 is 10.4. The maximum atomic E-state index is 12.1. The predicted octanol–water partition coefficient (Wildman–Crippen LogP) is 4.16. The standard InChI is InChI=1S/C17H18Cl2N2O3/c1-23-14-5-3-10(7-15(14)24-2)4-6-16(22)21-11-8-12(18)17(20)13(19)9-11/h3,5,7-9H,4,6,20H2,1-2H3,(H,21,22). The number of nitrogens with two attached hydrogens (primary N) is 1. The van der Waals surface area contributed by atoms with Gasteiger partial charge in [0.15, 0.2) is 11.5 Å². The Bertz CT molecular complexity index is 728. The smallest absolute Gasteiger partial charge is 0.224 e. The lowest BCUT2D eigenvalue weighted by Crippen LogP contribution is -2.12. The molecule has 0 atom stereocenters. The minimum atomic E-state index is -0.151. The van der Waals surface area contributed by atoms with E-state index in [1.165, 1.54) is 0 Å². The van der Waals surface area contributed by atoms with Gasteiger partial charge in [-0.05, 0) is 36.2 Å². The molecule has 0 unspecified atom stereocenters. The molecule has 0 radical (unpaired) electrons. The molecule has 0 aliphatic carbocycles. The van der Waals surface area contributed by atoms with Crippen molar-refractivity contribution >= 4 is 40.5 Å². The van der Waals surface area contributed by atoms with Crippen molar-refractivity contribution in [3.05, 3.63) is 45.9 Å². The molecule has 2 aromatic rings. The van der Waals surface area contributed by atoms with E-state index in [9.17, 15) is 4.79 Å². The van der Waals surface area contributed by atoms with Crippen molar-refractivity contribution in [3.63, 3.8) is 0 Å². The van der Waals surface area contributed by atoms with E-state index in [1.54, 1.807) is 26.4 Å². The van der Waals surface area contributed by atoms with Crippen molar-refractivity contribution in [3.8, 4) is 11.5 Å². The second-order valence-electron chi connectivity index (χ2n) is 5.09. The van der Waals surface area contributed by atoms with E-state index >= 15 is 0 Å². The zero-order valence-electron chi connectivity index (χ0n) is 13.4. The van der Waals surface area contributed by atoms with Gasteiger partial charge in [-0.1, -0.05) is 29.3 Å². The lowest BCUT2D eigenvalue weighted by atomic mass is 10.1. The number of nitrogen functional groups attached to an aromatic ring is 1. The number of anilines is 2. The van der Waals surface area contributed by atoms with Crippen LogP contribution in [0.15, 0.2) is 30.3 Å². The Labute approximate surface area is 150 Å². The van der Waals surface area contributed by atoms with Gasteiger partial charge in [0.05, 0.1) is 30.0 Å². The van der Waals surface area contributed by atoms with Crippen LogP contribution in [0.3, 0.4) is 0 Å². The Balaban J connectivity index is 1.98. The van der Waals surface area contributed by atoms with Crippen molar-refractivity contribution in [2.24, 2.45) is 0 Å². The topological polar surface area (TPSA) is 73.6 Å². The number of hydrogen-bond acceptors (Lipinski definition) is 4. The zero-order chi connectivity index (χ0) is 17.7. The first-order valence-corrected chi connectivity index (χ1v) is 7.95. The molecule has 0 aromatic heterocycles. The van der Waals surface area contributed by atoms with E-state index in [0.717, 1.165) is 5.56 Å². The summed E-state index contributed by atoms with van der Waals surface area (Å²) in [4.78, 5) is 12.1. The Hall–Kier alpha value is -2.11. The highest BCUT2D eigenvalue weighted by molar-refractivity contribution is 6.39. The third kappa shape index (κ3) is 4.46. The van der Waals surface area contributed by atoms with Crippen LogP contribution in [-0.2, 0) is 11.2 Å². The van der Waals surface area contributed by atoms with Gasteiger partial charge in [-0.3, -0.25) is 4.79 Å². The molecular weight excluding hydrogens is 351 g/mol. The van der Waals surface area contributed by atoms with Crippen LogP contribution in [0.25, 0.3) is 0 Å². The van der Waals surface area contributed by atoms with Crippen LogP contribution < -0.4 is 20.5 Å². The number of carbonyl (C=O) groups excluding carboxylic acids is 1. The van der Waals surface area contributed by atoms with Crippen LogP contribution in [0.2, 0.25) is 10.0 Å². The van der Waals surface area contributed by atoms with Gasteiger partial charge in [-0.2, -0.15) is 0 Å². The molecule has 5 nitrogen and oxygen atoms in total. The van der Waals surface area contributed by atoms with Gasteiger partial charge in [0.25, 0.3) is 0 Å². The summed E-state index contributed by atoms with van der Waals surface area (Å²) in [6.07, 6.45) is 0.859. The molecule has 24 heavy (non-hydrogen) atoms. The van der Waals surface area contributed by atoms with E-state index in [4.69, 9.17) is 38.4 Å². The molecule has 0 bridgehead atoms. The summed E-state index contributed by atoms with van der Waals surface area (Å²) in [7, 11) is 3.15. The number of hydrogen-bond donors (Lipinski definition) is 2. The number of halogens is 2. The second kappa shape index (κ2) is 8.13. The van der Waals surface area contributed by atoms with Gasteiger partial charge in [-0.25, -0.2) is 0 Å². The molecule has 0 spiro atoms. The van der Waals surface area contributed by atoms with Gasteiger partial charge in [0.2, 0.25) is 5.91 Å². The molecule has 1 amide bonds. The van der Waals surface area contributed by atoms with Crippen molar-refractivity contribution < 1.29 is 14.3 Å². The van der Waals surface area contributed by atoms with Crippen molar-refractivity contribution in [2.75, 3.05) is 25.3 Å². The molecule has 0 heterocycles. The van der Waals surface area contributed by atoms with Gasteiger partial charge in [0, 0.05) is 12.1 Å². The van der Waals surface area contributed by atoms with Gasteiger partial charge >= 0.3 is 0 Å². The quantitative estimate of drug-likeness (QED) is 0.750. The molecule has 0 fully saturated rings. The number of amides is 1. The fourth-order valence-corrected chi connectivity index (χ4v) is 2.66. The van der Waals surface area contributed by atoms with Gasteiger partial charge in [-0.15, -0.1) is 0 Å². The third-order valence-electron chi connectivity index (χ3n) is 3.45. The average molecular weight is 369 g/mol. The number of carbonyl (C=O) groups is 1. The minimum Gasteiger partial charge on any atom is -0.493 e. The summed E-state index contributed by atoms with van der Waals surface area (Å²) in [6.45, 7) is 0. The Kier molecular flexibility index (Phi) is 6.17. The van der Waals surface area contributed by atoms with Crippen LogP contribution in [0.1, 0.15) is 12.0 Å². The molecule has 0 saturated carbocycles. The first-order chi connectivity index (χ1) is 11.4. The van der Waals surface area contributed by atoms with Gasteiger partial charge < -0.3 is 20.5 Å². The number of benzene rings is 2. The van der Waals surface area contributed by atoms with Crippen molar-refractivity contribution in [1.82, 2.24) is 0 Å². The number of aryl methyl sites for hydroxylation is 1. The molecule has 128 valence electrons. The number of nitrogens with one attached hydrogen (secondary N) is 1. The first-order valence-electron chi connectivity index (χ1n) is 7.20. The lowest BCUT2D eigenvalue weighted by Gasteiger charge is -2.10. The third-order valence-corrected chi connectivity index (χ3v) is 4.08. The van der Waals surface area contributed by atoms with Crippen LogP contribution in [0.5, 0.6) is 11.5 Å². The zero-order valence-corrected chi connectivity index (χ0v) is 14.9. The normalized spacial score (nSPS) is 10.3. The summed E-state index contributed by atoms with van der Waals surface area (Å²) in [5.41, 5.74) is 7.44. The maximum Gasteiger partial charge on any atom is 0.224 e. The molecule has 2 rings (SSSR count). The molecule has 0 saturated heterocycles. The molecular formula is C17H18Cl2N2O3. The fourth-order valence-electron chi connectivity index (χ4n) is 2.17. The minimum absolute atomic E-state index is 0.151. The Morgan fingerprint density at radius 1 is 1.08 bits per heavy atom. The van der Waals surface area contributed by atoms with E-state index in [-0.39, 0.29) is 5.91 Å². The van der Waals surface area contributed by atoms with E-state index in [1.807, 2.05) is 18.2 Å². The largest absolute Gasteiger partial charge is 0.493 e. The summed E-state index contributed by atoms with van der Waals surface area (Å²) >= 11 is 11.9. The predicted molar refractivity (Wildman–Crippen MR) is 97.4 cm³/mol. The highest BCUT2D eigenvalue weighted by atomic mass is 35.5. The molecule has 0 aliphatic rings. The fraction of sp³-hybridized carbons (Fsp3) is 0.235. The first kappa shape index (κ1) is 18.2. The average Bonchev–Trinajstić information content (AvgIpc) is 2.57. The van der Waals surface area contributed by atoms with E-state index in [2.05, 4.69) is 5.32 Å². The summed E-state index contributed by atoms with van der Waals surface area (Å²) in [5.74, 6) is 1.13. The van der Waals surface area contributed by atoms with Crippen molar-refractivity contribution in [2.45, 2.75) is 12.8 Å². The monoisotopic (exact) mass is 368 g/mol. The molecule has 7 heteroatoms. The van der Waals surface area contributed by atoms with Crippen molar-refractivity contribution in [1.29, 1.82) is 0 Å². The van der Waals surface area contributed by atoms with E-state index in [0.29, 0.717) is 45.8 Å². The molecule has 0 aliphatic heterocycles.